The molecule has 2 heterocycles. The number of amides is 1. The Kier molecular flexibility index (Phi) is 7.13. The van der Waals surface area contributed by atoms with Gasteiger partial charge < -0.3 is 24.3 Å². The maximum Gasteiger partial charge on any atom is 0.573 e. The number of nitrogens with zero attached hydrogens (tertiary/aromatic N) is 2. The average molecular weight is 457 g/mol. The summed E-state index contributed by atoms with van der Waals surface area (Å²) in [5, 5.41) is 2.61. The van der Waals surface area contributed by atoms with Crippen LogP contribution in [0.2, 0.25) is 0 Å². The van der Waals surface area contributed by atoms with Crippen molar-refractivity contribution in [1.29, 1.82) is 0 Å². The Morgan fingerprint density at radius 2 is 2.03 bits per heavy atom. The van der Waals surface area contributed by atoms with Gasteiger partial charge in [-0.1, -0.05) is 6.07 Å². The molecule has 8 nitrogen and oxygen atoms in total. The molecule has 12 heteroatoms. The molecule has 1 aromatic carbocycles. The molecule has 3 rings (SSSR count). The third-order valence-corrected chi connectivity index (χ3v) is 4.29. The van der Waals surface area contributed by atoms with E-state index in [0.29, 0.717) is 18.8 Å². The van der Waals surface area contributed by atoms with Gasteiger partial charge in [-0.05, 0) is 23.8 Å². The second-order valence-corrected chi connectivity index (χ2v) is 6.54. The zero-order valence-corrected chi connectivity index (χ0v) is 17.0. The Bertz CT molecular complexity index is 1010. The molecule has 0 radical (unpaired) electrons. The van der Waals surface area contributed by atoms with Crippen molar-refractivity contribution < 1.29 is 41.3 Å². The number of rotatable bonds is 8. The van der Waals surface area contributed by atoms with Crippen molar-refractivity contribution in [2.24, 2.45) is 0 Å². The molecule has 0 unspecified atom stereocenters. The lowest BCUT2D eigenvalue weighted by Gasteiger charge is -2.19. The van der Waals surface area contributed by atoms with Crippen molar-refractivity contribution in [3.63, 3.8) is 0 Å². The number of ether oxygens (including phenoxy) is 4. The maximum atomic E-state index is 14.1. The van der Waals surface area contributed by atoms with Crippen LogP contribution in [0.5, 0.6) is 11.6 Å². The largest absolute Gasteiger partial charge is 0.573 e. The van der Waals surface area contributed by atoms with E-state index in [4.69, 9.17) is 14.2 Å². The fraction of sp³-hybridized carbons (Fsp3) is 0.350. The van der Waals surface area contributed by atoms with E-state index in [2.05, 4.69) is 20.0 Å². The summed E-state index contributed by atoms with van der Waals surface area (Å²) in [5.74, 6) is -2.20. The van der Waals surface area contributed by atoms with Crippen molar-refractivity contribution in [3.05, 3.63) is 53.2 Å². The lowest BCUT2D eigenvalue weighted by molar-refractivity contribution is -0.275. The molecule has 0 aliphatic carbocycles. The van der Waals surface area contributed by atoms with Crippen molar-refractivity contribution in [2.75, 3.05) is 27.4 Å². The molecule has 1 aliphatic rings. The highest BCUT2D eigenvalue weighted by atomic mass is 19.4. The Balaban J connectivity index is 1.84. The molecule has 32 heavy (non-hydrogen) atoms. The van der Waals surface area contributed by atoms with Crippen LogP contribution in [-0.2, 0) is 9.47 Å². The average Bonchev–Trinajstić information content (AvgIpc) is 3.28. The highest BCUT2D eigenvalue weighted by molar-refractivity contribution is 5.93. The number of hydrogen-bond donors (Lipinski definition) is 1. The number of alkyl halides is 3. The van der Waals surface area contributed by atoms with Crippen LogP contribution in [0.1, 0.15) is 34.3 Å². The van der Waals surface area contributed by atoms with E-state index in [9.17, 15) is 22.4 Å². The van der Waals surface area contributed by atoms with E-state index in [0.717, 1.165) is 12.1 Å². The van der Waals surface area contributed by atoms with Crippen LogP contribution in [0.3, 0.4) is 0 Å². The van der Waals surface area contributed by atoms with Crippen molar-refractivity contribution >= 4 is 11.7 Å². The predicted molar refractivity (Wildman–Crippen MR) is 102 cm³/mol. The van der Waals surface area contributed by atoms with Gasteiger partial charge in [-0.3, -0.25) is 4.79 Å². The van der Waals surface area contributed by atoms with Crippen molar-refractivity contribution in [2.45, 2.75) is 18.8 Å². The molecule has 0 saturated carbocycles. The van der Waals surface area contributed by atoms with Crippen molar-refractivity contribution in [1.82, 2.24) is 15.3 Å². The molecule has 2 aromatic rings. The van der Waals surface area contributed by atoms with Gasteiger partial charge in [0.15, 0.2) is 23.2 Å². The van der Waals surface area contributed by atoms with E-state index in [1.165, 1.54) is 26.4 Å². The van der Waals surface area contributed by atoms with E-state index >= 15 is 0 Å². The van der Waals surface area contributed by atoms with Gasteiger partial charge in [-0.2, -0.15) is 4.98 Å². The normalized spacial score (nSPS) is 14.4. The summed E-state index contributed by atoms with van der Waals surface area (Å²) in [7, 11) is 2.73. The van der Waals surface area contributed by atoms with Gasteiger partial charge in [-0.15, -0.1) is 13.2 Å². The Morgan fingerprint density at radius 1 is 1.25 bits per heavy atom. The fourth-order valence-electron chi connectivity index (χ4n) is 2.89. The molecular weight excluding hydrogens is 438 g/mol. The summed E-state index contributed by atoms with van der Waals surface area (Å²) >= 11 is 0. The zero-order chi connectivity index (χ0) is 23.3. The first kappa shape index (κ1) is 23.3. The number of carbonyl (C=O) groups is 1. The van der Waals surface area contributed by atoms with E-state index in [1.54, 1.807) is 6.08 Å². The summed E-state index contributed by atoms with van der Waals surface area (Å²) in [4.78, 5) is 21.2. The van der Waals surface area contributed by atoms with E-state index in [1.807, 2.05) is 0 Å². The highest BCUT2D eigenvalue weighted by Crippen LogP contribution is 2.28. The summed E-state index contributed by atoms with van der Waals surface area (Å²) in [6.07, 6.45) is -2.59. The number of aromatic nitrogens is 2. The SMILES string of the molecule is COC[C@@H](NC(=O)c1cc(OC)nc(C2=CCCO2)n1)c1ccc(OC(F)(F)F)c(F)c1. The van der Waals surface area contributed by atoms with Gasteiger partial charge in [0.1, 0.15) is 5.69 Å². The molecule has 0 spiro atoms. The quantitative estimate of drug-likeness (QED) is 0.608. The molecule has 1 N–H and O–H groups in total. The molecular formula is C20H19F4N3O5. The molecule has 1 aliphatic heterocycles. The van der Waals surface area contributed by atoms with Gasteiger partial charge in [0, 0.05) is 19.6 Å². The summed E-state index contributed by atoms with van der Waals surface area (Å²) in [5.41, 5.74) is 0.108. The molecule has 1 atom stereocenters. The van der Waals surface area contributed by atoms with Crippen LogP contribution in [-0.4, -0.2) is 49.7 Å². The first-order valence-electron chi connectivity index (χ1n) is 9.31. The van der Waals surface area contributed by atoms with Gasteiger partial charge in [0.2, 0.25) is 5.88 Å². The molecule has 1 aromatic heterocycles. The third kappa shape index (κ3) is 5.84. The van der Waals surface area contributed by atoms with Crippen LogP contribution >= 0.6 is 0 Å². The Labute approximate surface area is 180 Å². The lowest BCUT2D eigenvalue weighted by atomic mass is 10.1. The summed E-state index contributed by atoms with van der Waals surface area (Å²) in [6.45, 7) is 0.376. The Hall–Kier alpha value is -3.41. The van der Waals surface area contributed by atoms with Crippen LogP contribution in [0.25, 0.3) is 5.76 Å². The summed E-state index contributed by atoms with van der Waals surface area (Å²) in [6, 6.07) is 3.25. The molecule has 0 saturated heterocycles. The number of hydrogen-bond acceptors (Lipinski definition) is 7. The standard InChI is InChI=1S/C20H19F4N3O5/c1-29-10-14(11-5-6-15(12(21)8-11)32-20(22,23)24)26-19(28)13-9-17(30-2)27-18(25-13)16-4-3-7-31-16/h4-6,8-9,14H,3,7,10H2,1-2H3,(H,26,28)/t14-/m1/s1. The predicted octanol–water partition coefficient (Wildman–Crippen LogP) is 3.40. The number of halogens is 4. The fourth-order valence-corrected chi connectivity index (χ4v) is 2.89. The summed E-state index contributed by atoms with van der Waals surface area (Å²) < 4.78 is 70.4. The van der Waals surface area contributed by atoms with E-state index < -0.39 is 29.9 Å². The maximum absolute atomic E-state index is 14.1. The number of benzene rings is 1. The second kappa shape index (κ2) is 9.81. The van der Waals surface area contributed by atoms with Gasteiger partial charge in [0.25, 0.3) is 5.91 Å². The first-order chi connectivity index (χ1) is 15.2. The molecule has 0 bridgehead atoms. The number of nitrogens with one attached hydrogen (secondary N) is 1. The molecule has 0 fully saturated rings. The van der Waals surface area contributed by atoms with Gasteiger partial charge in [0.05, 0.1) is 26.4 Å². The number of carbonyl (C=O) groups excluding carboxylic acids is 1. The third-order valence-electron chi connectivity index (χ3n) is 4.29. The van der Waals surface area contributed by atoms with Crippen molar-refractivity contribution in [3.8, 4) is 11.6 Å². The molecule has 1 amide bonds. The van der Waals surface area contributed by atoms with E-state index in [-0.39, 0.29) is 29.6 Å². The minimum atomic E-state index is -5.04. The highest BCUT2D eigenvalue weighted by Gasteiger charge is 2.32. The minimum Gasteiger partial charge on any atom is -0.490 e. The van der Waals surface area contributed by atoms with Gasteiger partial charge in [-0.25, -0.2) is 9.37 Å². The first-order valence-corrected chi connectivity index (χ1v) is 9.31. The van der Waals surface area contributed by atoms with Crippen LogP contribution < -0.4 is 14.8 Å². The zero-order valence-electron chi connectivity index (χ0n) is 17.0. The topological polar surface area (TPSA) is 91.8 Å². The van der Waals surface area contributed by atoms with Gasteiger partial charge >= 0.3 is 6.36 Å². The lowest BCUT2D eigenvalue weighted by Crippen LogP contribution is -2.32. The van der Waals surface area contributed by atoms with Crippen LogP contribution in [0.15, 0.2) is 30.3 Å². The Morgan fingerprint density at radius 3 is 2.62 bits per heavy atom. The number of methoxy groups -OCH3 is 2. The smallest absolute Gasteiger partial charge is 0.490 e. The monoisotopic (exact) mass is 457 g/mol. The van der Waals surface area contributed by atoms with Crippen LogP contribution in [0.4, 0.5) is 17.6 Å². The minimum absolute atomic E-state index is 0.0538. The van der Waals surface area contributed by atoms with Crippen LogP contribution in [0, 0.1) is 5.82 Å². The molecule has 172 valence electrons. The second-order valence-electron chi connectivity index (χ2n) is 6.54.